The molecule has 1 unspecified atom stereocenters. The first kappa shape index (κ1) is 19.0. The predicted octanol–water partition coefficient (Wildman–Crippen LogP) is 0.503. The molecule has 1 aromatic carbocycles. The number of rotatable bonds is 7. The number of nitro groups is 1. The van der Waals surface area contributed by atoms with E-state index in [1.165, 1.54) is 0 Å². The molecule has 1 aromatic rings. The van der Waals surface area contributed by atoms with E-state index in [0.29, 0.717) is 12.1 Å². The smallest absolute Gasteiger partial charge is 0.320 e. The van der Waals surface area contributed by atoms with Crippen LogP contribution in [0, 0.1) is 15.9 Å². The number of aliphatic hydroxyl groups is 1. The first-order valence-corrected chi connectivity index (χ1v) is 8.03. The average molecular weight is 352 g/mol. The maximum atomic E-state index is 13.4. The number of aliphatic hydroxyl groups excluding tert-OH is 1. The van der Waals surface area contributed by atoms with Crippen LogP contribution in [0.25, 0.3) is 0 Å². The average Bonchev–Trinajstić information content (AvgIpc) is 2.46. The van der Waals surface area contributed by atoms with Gasteiger partial charge in [-0.1, -0.05) is 0 Å². The van der Waals surface area contributed by atoms with Crippen LogP contribution in [0.4, 0.5) is 10.1 Å². The van der Waals surface area contributed by atoms with Crippen molar-refractivity contribution in [3.05, 3.63) is 33.6 Å². The summed E-state index contributed by atoms with van der Waals surface area (Å²) in [5.74, 6) is -6.33. The maximum absolute atomic E-state index is 13.4. The number of nitrogens with zero attached hydrogens (tertiary/aromatic N) is 1. The van der Waals surface area contributed by atoms with E-state index in [1.54, 1.807) is 0 Å². The number of hydrogen-bond donors (Lipinski definition) is 5. The number of carbonyl (C=O) groups is 1. The normalized spacial score (nSPS) is 16.3. The number of hydrogen-bond acceptors (Lipinski definition) is 7. The van der Waals surface area contributed by atoms with Crippen molar-refractivity contribution < 1.29 is 38.9 Å². The van der Waals surface area contributed by atoms with Crippen molar-refractivity contribution in [3.8, 4) is 5.75 Å². The molecule has 6 N–H and O–H groups in total. The van der Waals surface area contributed by atoms with Crippen molar-refractivity contribution in [2.24, 2.45) is 5.73 Å². The van der Waals surface area contributed by atoms with Crippen LogP contribution < -0.4 is 5.73 Å². The van der Waals surface area contributed by atoms with E-state index in [2.05, 4.69) is 0 Å². The summed E-state index contributed by atoms with van der Waals surface area (Å²) in [5.41, 5.74) is 3.50. The summed E-state index contributed by atoms with van der Waals surface area (Å²) in [7, 11) is -4.44. The van der Waals surface area contributed by atoms with Gasteiger partial charge in [-0.3, -0.25) is 19.5 Å². The fourth-order valence-electron chi connectivity index (χ4n) is 1.70. The topological polar surface area (TPSA) is 184 Å². The van der Waals surface area contributed by atoms with E-state index in [-0.39, 0.29) is 0 Å². The second-order valence-electron chi connectivity index (χ2n) is 4.71. The minimum atomic E-state index is -4.44. The lowest BCUT2D eigenvalue weighted by atomic mass is 10.2. The summed E-state index contributed by atoms with van der Waals surface area (Å²) in [6, 6.07) is -0.399. The van der Waals surface area contributed by atoms with Crippen LogP contribution in [0.15, 0.2) is 12.1 Å². The molecule has 0 aliphatic carbocycles. The Morgan fingerprint density at radius 1 is 1.48 bits per heavy atom. The zero-order valence-corrected chi connectivity index (χ0v) is 12.4. The first-order chi connectivity index (χ1) is 10.5. The largest absolute Gasteiger partial charge is 0.500 e. The van der Waals surface area contributed by atoms with Gasteiger partial charge in [0.15, 0.2) is 11.7 Å². The molecule has 128 valence electrons. The molecule has 0 amide bonds. The third-order valence-corrected chi connectivity index (χ3v) is 4.98. The molecule has 0 aliphatic rings. The SMILES string of the molecule is N[C@@H](CCP(=O)(O)[C@H](O)c1cc(F)c(O)c([N+](=O)[O-])c1)C(=O)O. The molecule has 12 heteroatoms. The van der Waals surface area contributed by atoms with Gasteiger partial charge in [0.25, 0.3) is 0 Å². The summed E-state index contributed by atoms with van der Waals surface area (Å²) in [4.78, 5) is 29.9. The minimum Gasteiger partial charge on any atom is -0.500 e. The van der Waals surface area contributed by atoms with E-state index in [4.69, 9.17) is 10.8 Å². The Balaban J connectivity index is 3.08. The molecular weight excluding hydrogens is 338 g/mol. The lowest BCUT2D eigenvalue weighted by Gasteiger charge is -2.19. The zero-order chi connectivity index (χ0) is 17.9. The number of carboxylic acids is 1. The monoisotopic (exact) mass is 352 g/mol. The second-order valence-corrected chi connectivity index (χ2v) is 7.16. The summed E-state index contributed by atoms with van der Waals surface area (Å²) < 4.78 is 25.5. The van der Waals surface area contributed by atoms with Gasteiger partial charge in [0.2, 0.25) is 13.1 Å². The molecule has 0 bridgehead atoms. The lowest BCUT2D eigenvalue weighted by Crippen LogP contribution is -2.31. The van der Waals surface area contributed by atoms with Crippen LogP contribution in [0.5, 0.6) is 5.75 Å². The summed E-state index contributed by atoms with van der Waals surface area (Å²) in [6.45, 7) is 0. The summed E-state index contributed by atoms with van der Waals surface area (Å²) in [6.07, 6.45) is -1.14. The highest BCUT2D eigenvalue weighted by Gasteiger charge is 2.34. The standard InChI is InChI=1S/C11H14FN2O8P/c12-6-3-5(4-8(9(6)15)14(19)20)11(18)23(21,22)2-1-7(13)10(16)17/h3-4,7,11,15,18H,1-2,13H2,(H,16,17)(H,21,22)/t7-,11-/m0/s1. The molecule has 0 saturated carbocycles. The number of benzene rings is 1. The number of phenols is 1. The number of aromatic hydroxyl groups is 1. The molecule has 0 fully saturated rings. The van der Waals surface area contributed by atoms with Gasteiger partial charge in [-0.2, -0.15) is 0 Å². The van der Waals surface area contributed by atoms with Crippen molar-refractivity contribution in [2.75, 3.05) is 6.16 Å². The van der Waals surface area contributed by atoms with Gasteiger partial charge in [-0.25, -0.2) is 4.39 Å². The molecule has 0 spiro atoms. The molecular formula is C11H14FN2O8P. The van der Waals surface area contributed by atoms with Crippen LogP contribution >= 0.6 is 7.37 Å². The first-order valence-electron chi connectivity index (χ1n) is 6.12. The van der Waals surface area contributed by atoms with Crippen LogP contribution in [-0.4, -0.2) is 43.3 Å². The Kier molecular flexibility index (Phi) is 5.78. The fourth-order valence-corrected chi connectivity index (χ4v) is 3.20. The fraction of sp³-hybridized carbons (Fsp3) is 0.364. The van der Waals surface area contributed by atoms with Crippen LogP contribution in [0.1, 0.15) is 17.8 Å². The van der Waals surface area contributed by atoms with E-state index in [1.807, 2.05) is 0 Å². The Bertz CT molecular complexity index is 682. The third-order valence-electron chi connectivity index (χ3n) is 3.02. The highest BCUT2D eigenvalue weighted by molar-refractivity contribution is 7.58. The Morgan fingerprint density at radius 2 is 2.04 bits per heavy atom. The quantitative estimate of drug-likeness (QED) is 0.265. The number of halogens is 1. The molecule has 0 aromatic heterocycles. The van der Waals surface area contributed by atoms with Crippen molar-refractivity contribution in [1.82, 2.24) is 0 Å². The Hall–Kier alpha value is -2.07. The molecule has 0 aliphatic heterocycles. The molecule has 3 atom stereocenters. The highest BCUT2D eigenvalue weighted by atomic mass is 31.2. The Labute approximate surface area is 128 Å². The lowest BCUT2D eigenvalue weighted by molar-refractivity contribution is -0.386. The van der Waals surface area contributed by atoms with Crippen LogP contribution in [0.3, 0.4) is 0 Å². The molecule has 0 radical (unpaired) electrons. The molecule has 23 heavy (non-hydrogen) atoms. The maximum Gasteiger partial charge on any atom is 0.320 e. The molecule has 0 heterocycles. The van der Waals surface area contributed by atoms with Gasteiger partial charge in [0, 0.05) is 17.8 Å². The molecule has 10 nitrogen and oxygen atoms in total. The predicted molar refractivity (Wildman–Crippen MR) is 74.6 cm³/mol. The number of nitro benzene ring substituents is 1. The Morgan fingerprint density at radius 3 is 2.52 bits per heavy atom. The molecule has 1 rings (SSSR count). The van der Waals surface area contributed by atoms with Crippen molar-refractivity contribution in [2.45, 2.75) is 18.3 Å². The van der Waals surface area contributed by atoms with E-state index in [0.717, 1.165) is 0 Å². The summed E-state index contributed by atoms with van der Waals surface area (Å²) in [5, 5.41) is 38.3. The zero-order valence-electron chi connectivity index (χ0n) is 11.5. The van der Waals surface area contributed by atoms with Gasteiger partial charge in [0.05, 0.1) is 4.92 Å². The summed E-state index contributed by atoms with van der Waals surface area (Å²) >= 11 is 0. The third kappa shape index (κ3) is 4.45. The second kappa shape index (κ2) is 7.01. The minimum absolute atomic E-state index is 0.442. The van der Waals surface area contributed by atoms with Crippen LogP contribution in [-0.2, 0) is 9.36 Å². The van der Waals surface area contributed by atoms with E-state index >= 15 is 0 Å². The van der Waals surface area contributed by atoms with Crippen LogP contribution in [0.2, 0.25) is 0 Å². The van der Waals surface area contributed by atoms with Crippen molar-refractivity contribution >= 4 is 19.0 Å². The van der Waals surface area contributed by atoms with Gasteiger partial charge in [-0.15, -0.1) is 0 Å². The van der Waals surface area contributed by atoms with Gasteiger partial charge < -0.3 is 25.9 Å². The van der Waals surface area contributed by atoms with Gasteiger partial charge in [0.1, 0.15) is 6.04 Å². The van der Waals surface area contributed by atoms with E-state index < -0.39 is 65.5 Å². The van der Waals surface area contributed by atoms with Crippen molar-refractivity contribution in [3.63, 3.8) is 0 Å². The molecule has 0 saturated heterocycles. The van der Waals surface area contributed by atoms with Gasteiger partial charge >= 0.3 is 11.7 Å². The van der Waals surface area contributed by atoms with Gasteiger partial charge in [-0.05, 0) is 12.5 Å². The number of nitrogens with two attached hydrogens (primary N) is 1. The van der Waals surface area contributed by atoms with Crippen molar-refractivity contribution in [1.29, 1.82) is 0 Å². The number of carboxylic acid groups (broad SMARTS) is 1. The highest BCUT2D eigenvalue weighted by Crippen LogP contribution is 2.55. The number of phenolic OH excluding ortho intramolecular Hbond substituents is 1. The number of aliphatic carboxylic acids is 1. The van der Waals surface area contributed by atoms with E-state index in [9.17, 15) is 39.0 Å².